The van der Waals surface area contributed by atoms with Gasteiger partial charge in [0, 0.05) is 13.1 Å². The van der Waals surface area contributed by atoms with Crippen molar-refractivity contribution in [2.75, 3.05) is 26.3 Å². The smallest absolute Gasteiger partial charge is 0.181 e. The molecule has 0 saturated carbocycles. The van der Waals surface area contributed by atoms with Crippen LogP contribution in [-0.2, 0) is 4.74 Å². The molecule has 0 bridgehead atoms. The summed E-state index contributed by atoms with van der Waals surface area (Å²) in [5, 5.41) is 1.94. The Morgan fingerprint density at radius 1 is 1.50 bits per heavy atom. The number of hydrogen-bond acceptors (Lipinski definition) is 3. The van der Waals surface area contributed by atoms with Crippen LogP contribution in [0.3, 0.4) is 0 Å². The predicted octanol–water partition coefficient (Wildman–Crippen LogP) is 0.347. The molecule has 1 N–H and O–H groups in total. The monoisotopic (exact) mass is 180 g/mol. The third kappa shape index (κ3) is 2.79. The second-order valence-corrected chi connectivity index (χ2v) is 3.00. The van der Waals surface area contributed by atoms with Crippen molar-refractivity contribution in [1.82, 2.24) is 10.4 Å². The van der Waals surface area contributed by atoms with Crippen molar-refractivity contribution in [3.05, 3.63) is 0 Å². The van der Waals surface area contributed by atoms with Crippen LogP contribution >= 0.6 is 23.8 Å². The van der Waals surface area contributed by atoms with E-state index in [4.69, 9.17) is 16.3 Å². The SMILES string of the molecule is S=C(Cl)NN1CCOCC1. The molecule has 0 atom stereocenters. The molecule has 1 heterocycles. The first kappa shape index (κ1) is 8.20. The molecule has 1 fully saturated rings. The molecule has 0 radical (unpaired) electrons. The van der Waals surface area contributed by atoms with Crippen molar-refractivity contribution in [1.29, 1.82) is 0 Å². The van der Waals surface area contributed by atoms with Gasteiger partial charge >= 0.3 is 0 Å². The molecule has 0 aromatic rings. The van der Waals surface area contributed by atoms with E-state index in [2.05, 4.69) is 17.6 Å². The van der Waals surface area contributed by atoms with Crippen LogP contribution in [0.1, 0.15) is 0 Å². The number of hydrogen-bond donors (Lipinski definition) is 1. The van der Waals surface area contributed by atoms with E-state index in [0.29, 0.717) is 4.45 Å². The van der Waals surface area contributed by atoms with Crippen molar-refractivity contribution in [3.63, 3.8) is 0 Å². The second-order valence-electron chi connectivity index (χ2n) is 1.98. The van der Waals surface area contributed by atoms with Crippen LogP contribution < -0.4 is 5.43 Å². The molecule has 0 unspecified atom stereocenters. The molecule has 0 aliphatic carbocycles. The van der Waals surface area contributed by atoms with E-state index in [-0.39, 0.29) is 0 Å². The summed E-state index contributed by atoms with van der Waals surface area (Å²) in [6.07, 6.45) is 0. The third-order valence-corrected chi connectivity index (χ3v) is 1.43. The molecule has 1 aliphatic heterocycles. The quantitative estimate of drug-likeness (QED) is 0.358. The van der Waals surface area contributed by atoms with E-state index in [0.717, 1.165) is 26.3 Å². The Morgan fingerprint density at radius 3 is 2.60 bits per heavy atom. The number of morpholine rings is 1. The molecule has 10 heavy (non-hydrogen) atoms. The highest BCUT2D eigenvalue weighted by Crippen LogP contribution is 1.93. The Kier molecular flexibility index (Phi) is 3.34. The Bertz CT molecular complexity index is 127. The molecule has 3 nitrogen and oxygen atoms in total. The van der Waals surface area contributed by atoms with Gasteiger partial charge in [0.1, 0.15) is 0 Å². The summed E-state index contributed by atoms with van der Waals surface area (Å²) in [6, 6.07) is 0. The summed E-state index contributed by atoms with van der Waals surface area (Å²) in [6.45, 7) is 3.17. The van der Waals surface area contributed by atoms with Crippen LogP contribution in [0, 0.1) is 0 Å². The molecule has 0 spiro atoms. The van der Waals surface area contributed by atoms with Gasteiger partial charge in [0.25, 0.3) is 0 Å². The highest BCUT2D eigenvalue weighted by molar-refractivity contribution is 7.83. The fourth-order valence-corrected chi connectivity index (χ4v) is 1.05. The van der Waals surface area contributed by atoms with Crippen molar-refractivity contribution >= 4 is 28.3 Å². The highest BCUT2D eigenvalue weighted by atomic mass is 35.5. The average Bonchev–Trinajstić information content (AvgIpc) is 1.88. The third-order valence-electron chi connectivity index (χ3n) is 1.26. The lowest BCUT2D eigenvalue weighted by Crippen LogP contribution is -2.46. The van der Waals surface area contributed by atoms with Gasteiger partial charge in [-0.25, -0.2) is 5.01 Å². The van der Waals surface area contributed by atoms with Gasteiger partial charge in [0.05, 0.1) is 13.2 Å². The van der Waals surface area contributed by atoms with Crippen LogP contribution in [0.2, 0.25) is 0 Å². The van der Waals surface area contributed by atoms with Crippen molar-refractivity contribution in [2.24, 2.45) is 0 Å². The zero-order valence-electron chi connectivity index (χ0n) is 5.47. The molecule has 0 aromatic heterocycles. The number of rotatable bonds is 1. The van der Waals surface area contributed by atoms with Gasteiger partial charge in [-0.15, -0.1) is 0 Å². The molecule has 1 aliphatic rings. The van der Waals surface area contributed by atoms with E-state index in [9.17, 15) is 0 Å². The number of ether oxygens (including phenoxy) is 1. The van der Waals surface area contributed by atoms with Gasteiger partial charge in [-0.05, 0) is 12.2 Å². The van der Waals surface area contributed by atoms with Crippen molar-refractivity contribution < 1.29 is 4.74 Å². The van der Waals surface area contributed by atoms with Crippen molar-refractivity contribution in [2.45, 2.75) is 0 Å². The minimum absolute atomic E-state index is 0.293. The summed E-state index contributed by atoms with van der Waals surface area (Å²) in [5.41, 5.74) is 2.83. The van der Waals surface area contributed by atoms with Crippen LogP contribution in [0.4, 0.5) is 0 Å². The minimum Gasteiger partial charge on any atom is -0.379 e. The van der Waals surface area contributed by atoms with Crippen LogP contribution in [0.25, 0.3) is 0 Å². The number of nitrogens with zero attached hydrogens (tertiary/aromatic N) is 1. The maximum atomic E-state index is 5.45. The molecule has 1 saturated heterocycles. The highest BCUT2D eigenvalue weighted by Gasteiger charge is 2.09. The van der Waals surface area contributed by atoms with E-state index in [1.54, 1.807) is 0 Å². The lowest BCUT2D eigenvalue weighted by atomic mass is 10.5. The Labute approximate surface area is 70.2 Å². The Morgan fingerprint density at radius 2 is 2.10 bits per heavy atom. The lowest BCUT2D eigenvalue weighted by Gasteiger charge is -2.26. The number of halogens is 1. The van der Waals surface area contributed by atoms with E-state index in [1.165, 1.54) is 0 Å². The molecule has 5 heteroatoms. The van der Waals surface area contributed by atoms with Gasteiger partial charge in [0.15, 0.2) is 4.45 Å². The number of thiocarbonyl (C=S) groups is 1. The average molecular weight is 181 g/mol. The summed E-state index contributed by atoms with van der Waals surface area (Å²) in [4.78, 5) is 0. The number of nitrogens with one attached hydrogen (secondary N) is 1. The molecule has 0 amide bonds. The molecular formula is C5H9ClN2OS. The second kappa shape index (κ2) is 4.08. The lowest BCUT2D eigenvalue weighted by molar-refractivity contribution is 0.0257. The van der Waals surface area contributed by atoms with Gasteiger partial charge in [-0.3, -0.25) is 5.43 Å². The standard InChI is InChI=1S/C5H9ClN2OS/c6-5(10)7-8-1-3-9-4-2-8/h1-4H2,(H,7,10). The topological polar surface area (TPSA) is 24.5 Å². The van der Waals surface area contributed by atoms with Gasteiger partial charge in [-0.1, -0.05) is 11.6 Å². The zero-order valence-corrected chi connectivity index (χ0v) is 7.04. The largest absolute Gasteiger partial charge is 0.379 e. The first-order chi connectivity index (χ1) is 4.79. The first-order valence-corrected chi connectivity index (χ1v) is 3.86. The number of hydrazine groups is 1. The summed E-state index contributed by atoms with van der Waals surface area (Å²) in [5.74, 6) is 0. The van der Waals surface area contributed by atoms with E-state index >= 15 is 0 Å². The molecule has 0 aromatic carbocycles. The Balaban J connectivity index is 2.19. The van der Waals surface area contributed by atoms with E-state index in [1.807, 2.05) is 5.01 Å². The fraction of sp³-hybridized carbons (Fsp3) is 0.800. The van der Waals surface area contributed by atoms with Crippen molar-refractivity contribution in [3.8, 4) is 0 Å². The summed E-state index contributed by atoms with van der Waals surface area (Å²) in [7, 11) is 0. The normalized spacial score (nSPS) is 20.5. The maximum absolute atomic E-state index is 5.45. The Hall–Kier alpha value is 0.100. The van der Waals surface area contributed by atoms with Gasteiger partial charge in [0.2, 0.25) is 0 Å². The molecule has 1 rings (SSSR count). The van der Waals surface area contributed by atoms with Gasteiger partial charge < -0.3 is 4.74 Å². The first-order valence-electron chi connectivity index (χ1n) is 3.08. The summed E-state index contributed by atoms with van der Waals surface area (Å²) >= 11 is 10.1. The predicted molar refractivity (Wildman–Crippen MR) is 44.0 cm³/mol. The minimum atomic E-state index is 0.293. The fourth-order valence-electron chi connectivity index (χ4n) is 0.799. The van der Waals surface area contributed by atoms with Crippen LogP contribution in [0.15, 0.2) is 0 Å². The molecular weight excluding hydrogens is 172 g/mol. The van der Waals surface area contributed by atoms with Gasteiger partial charge in [-0.2, -0.15) is 0 Å². The zero-order chi connectivity index (χ0) is 7.40. The summed E-state index contributed by atoms with van der Waals surface area (Å²) < 4.78 is 5.41. The maximum Gasteiger partial charge on any atom is 0.181 e. The van der Waals surface area contributed by atoms with Crippen LogP contribution in [0.5, 0.6) is 0 Å². The van der Waals surface area contributed by atoms with E-state index < -0.39 is 0 Å². The van der Waals surface area contributed by atoms with Crippen LogP contribution in [-0.4, -0.2) is 35.8 Å². The molecule has 58 valence electrons.